The number of benzene rings is 1. The van der Waals surface area contributed by atoms with Gasteiger partial charge in [-0.3, -0.25) is 4.99 Å². The Morgan fingerprint density at radius 1 is 1.38 bits per heavy atom. The Morgan fingerprint density at radius 2 is 2.14 bits per heavy atom. The fourth-order valence-corrected chi connectivity index (χ4v) is 3.33. The summed E-state index contributed by atoms with van der Waals surface area (Å²) in [6.07, 6.45) is 2.76. The van der Waals surface area contributed by atoms with E-state index in [2.05, 4.69) is 55.4 Å². The van der Waals surface area contributed by atoms with E-state index in [0.717, 1.165) is 24.3 Å². The lowest BCUT2D eigenvalue weighted by Crippen LogP contribution is -2.22. The molecule has 0 atom stereocenters. The predicted octanol–water partition coefficient (Wildman–Crippen LogP) is 5.34. The van der Waals surface area contributed by atoms with E-state index in [-0.39, 0.29) is 5.41 Å². The molecule has 0 radical (unpaired) electrons. The maximum Gasteiger partial charge on any atom is 0.135 e. The molecule has 0 aliphatic carbocycles. The second kappa shape index (κ2) is 6.67. The van der Waals surface area contributed by atoms with E-state index in [1.165, 1.54) is 16.2 Å². The average molecular weight is 305 g/mol. The summed E-state index contributed by atoms with van der Waals surface area (Å²) in [7, 11) is 0. The molecule has 4 heteroatoms. The molecule has 0 unspecified atom stereocenters. The first kappa shape index (κ1) is 16.1. The molecular weight excluding hydrogens is 282 g/mol. The molecule has 1 aromatic rings. The summed E-state index contributed by atoms with van der Waals surface area (Å²) in [5, 5.41) is 8.41. The normalized spacial score (nSPS) is 15.5. The molecule has 0 bridgehead atoms. The van der Waals surface area contributed by atoms with Gasteiger partial charge in [0.25, 0.3) is 0 Å². The van der Waals surface area contributed by atoms with Crippen LogP contribution in [0.1, 0.15) is 45.6 Å². The van der Waals surface area contributed by atoms with Crippen LogP contribution in [0.3, 0.4) is 0 Å². The Labute approximate surface area is 131 Å². The number of allylic oxidation sites excluding steroid dienone is 1. The Balaban J connectivity index is 1.87. The highest BCUT2D eigenvalue weighted by Crippen LogP contribution is 2.41. The van der Waals surface area contributed by atoms with Gasteiger partial charge < -0.3 is 4.89 Å². The molecule has 1 aliphatic rings. The van der Waals surface area contributed by atoms with Gasteiger partial charge in [-0.1, -0.05) is 20.4 Å². The summed E-state index contributed by atoms with van der Waals surface area (Å²) in [5.41, 5.74) is 3.66. The van der Waals surface area contributed by atoms with Crippen molar-refractivity contribution in [1.29, 1.82) is 0 Å². The second-order valence-corrected chi connectivity index (χ2v) is 7.11. The van der Waals surface area contributed by atoms with Crippen LogP contribution in [-0.4, -0.2) is 16.7 Å². The van der Waals surface area contributed by atoms with Crippen molar-refractivity contribution in [2.75, 3.05) is 5.75 Å². The summed E-state index contributed by atoms with van der Waals surface area (Å²) in [6.45, 7) is 10.2. The molecule has 0 saturated carbocycles. The molecule has 1 heterocycles. The van der Waals surface area contributed by atoms with Gasteiger partial charge in [0.15, 0.2) is 0 Å². The maximum absolute atomic E-state index is 8.41. The standard InChI is InChI=1S/C17H23NO2S/c1-12(20-19)7-5-6-10-21-14-8-9-16-15(11-14)17(3,4)13(2)18-16/h8-9,11,19H,1,5-7,10H2,2-4H3. The Hall–Kier alpha value is -1.26. The molecule has 114 valence electrons. The zero-order chi connectivity index (χ0) is 15.5. The van der Waals surface area contributed by atoms with E-state index in [1.807, 2.05) is 11.8 Å². The first-order valence-electron chi connectivity index (χ1n) is 7.27. The van der Waals surface area contributed by atoms with E-state index in [0.29, 0.717) is 12.2 Å². The fraction of sp³-hybridized carbons (Fsp3) is 0.471. The van der Waals surface area contributed by atoms with Gasteiger partial charge in [0, 0.05) is 22.4 Å². The highest BCUT2D eigenvalue weighted by molar-refractivity contribution is 7.99. The van der Waals surface area contributed by atoms with Gasteiger partial charge in [0.05, 0.1) is 5.69 Å². The van der Waals surface area contributed by atoms with Gasteiger partial charge in [0.2, 0.25) is 0 Å². The lowest BCUT2D eigenvalue weighted by Gasteiger charge is -2.20. The van der Waals surface area contributed by atoms with Crippen LogP contribution in [-0.2, 0) is 10.3 Å². The van der Waals surface area contributed by atoms with Crippen molar-refractivity contribution >= 4 is 23.2 Å². The largest absolute Gasteiger partial charge is 0.345 e. The molecule has 1 aliphatic heterocycles. The lowest BCUT2D eigenvalue weighted by molar-refractivity contribution is -0.205. The average Bonchev–Trinajstić information content (AvgIpc) is 2.69. The third kappa shape index (κ3) is 3.69. The van der Waals surface area contributed by atoms with E-state index in [4.69, 9.17) is 5.26 Å². The Morgan fingerprint density at radius 3 is 2.86 bits per heavy atom. The van der Waals surface area contributed by atoms with Crippen molar-refractivity contribution in [2.45, 2.75) is 50.3 Å². The van der Waals surface area contributed by atoms with Crippen molar-refractivity contribution < 1.29 is 10.1 Å². The van der Waals surface area contributed by atoms with Crippen LogP contribution in [0.2, 0.25) is 0 Å². The number of thioether (sulfide) groups is 1. The third-order valence-corrected chi connectivity index (χ3v) is 5.16. The molecular formula is C17H23NO2S. The first-order chi connectivity index (χ1) is 9.95. The van der Waals surface area contributed by atoms with Crippen molar-refractivity contribution in [3.63, 3.8) is 0 Å². The molecule has 1 N–H and O–H groups in total. The van der Waals surface area contributed by atoms with E-state index in [9.17, 15) is 0 Å². The SMILES string of the molecule is C=C(CCCCSc1ccc2c(c1)C(C)(C)C(C)=N2)OO. The van der Waals surface area contributed by atoms with Crippen molar-refractivity contribution in [3.8, 4) is 0 Å². The summed E-state index contributed by atoms with van der Waals surface area (Å²) < 4.78 is 0. The monoisotopic (exact) mass is 305 g/mol. The molecule has 1 aromatic carbocycles. The second-order valence-electron chi connectivity index (χ2n) is 5.94. The minimum absolute atomic E-state index is 0.0438. The van der Waals surface area contributed by atoms with Crippen molar-refractivity contribution in [1.82, 2.24) is 0 Å². The summed E-state index contributed by atoms with van der Waals surface area (Å²) in [4.78, 5) is 10.0. The minimum Gasteiger partial charge on any atom is -0.345 e. The van der Waals surface area contributed by atoms with Crippen LogP contribution < -0.4 is 0 Å². The minimum atomic E-state index is 0.0438. The number of hydrogen-bond donors (Lipinski definition) is 1. The number of hydrogen-bond acceptors (Lipinski definition) is 4. The van der Waals surface area contributed by atoms with E-state index in [1.54, 1.807) is 0 Å². The fourth-order valence-electron chi connectivity index (χ4n) is 2.38. The third-order valence-electron chi connectivity index (χ3n) is 4.08. The van der Waals surface area contributed by atoms with Crippen LogP contribution in [0.4, 0.5) is 5.69 Å². The Kier molecular flexibility index (Phi) is 5.12. The number of rotatable bonds is 7. The number of nitrogens with zero attached hydrogens (tertiary/aromatic N) is 1. The molecule has 0 fully saturated rings. The van der Waals surface area contributed by atoms with Gasteiger partial charge >= 0.3 is 0 Å². The van der Waals surface area contributed by atoms with E-state index >= 15 is 0 Å². The summed E-state index contributed by atoms with van der Waals surface area (Å²) in [5.74, 6) is 1.49. The molecule has 0 saturated heterocycles. The maximum atomic E-state index is 8.41. The van der Waals surface area contributed by atoms with Gasteiger partial charge in [-0.05, 0) is 49.3 Å². The highest BCUT2D eigenvalue weighted by Gasteiger charge is 2.32. The molecule has 0 spiro atoms. The number of aliphatic imine (C=N–C) groups is 1. The zero-order valence-electron chi connectivity index (χ0n) is 13.0. The lowest BCUT2D eigenvalue weighted by atomic mass is 9.82. The smallest absolute Gasteiger partial charge is 0.135 e. The van der Waals surface area contributed by atoms with Crippen LogP contribution in [0.5, 0.6) is 0 Å². The Bertz CT molecular complexity index is 564. The van der Waals surface area contributed by atoms with Crippen LogP contribution in [0.15, 0.2) is 40.4 Å². The predicted molar refractivity (Wildman–Crippen MR) is 89.7 cm³/mol. The quantitative estimate of drug-likeness (QED) is 0.243. The van der Waals surface area contributed by atoms with Crippen LogP contribution in [0, 0.1) is 0 Å². The number of unbranched alkanes of at least 4 members (excludes halogenated alkanes) is 1. The van der Waals surface area contributed by atoms with Gasteiger partial charge in [-0.2, -0.15) is 0 Å². The molecule has 0 amide bonds. The highest BCUT2D eigenvalue weighted by atomic mass is 32.2. The molecule has 0 aromatic heterocycles. The van der Waals surface area contributed by atoms with Gasteiger partial charge in [0.1, 0.15) is 5.76 Å². The van der Waals surface area contributed by atoms with Crippen molar-refractivity contribution in [2.24, 2.45) is 4.99 Å². The first-order valence-corrected chi connectivity index (χ1v) is 8.26. The van der Waals surface area contributed by atoms with Crippen molar-refractivity contribution in [3.05, 3.63) is 36.1 Å². The van der Waals surface area contributed by atoms with Gasteiger partial charge in [-0.25, -0.2) is 5.26 Å². The summed E-state index contributed by atoms with van der Waals surface area (Å²) >= 11 is 1.86. The topological polar surface area (TPSA) is 41.8 Å². The molecule has 21 heavy (non-hydrogen) atoms. The molecule has 3 nitrogen and oxygen atoms in total. The van der Waals surface area contributed by atoms with Crippen LogP contribution >= 0.6 is 11.8 Å². The number of fused-ring (bicyclic) bond motifs is 1. The zero-order valence-corrected chi connectivity index (χ0v) is 13.8. The summed E-state index contributed by atoms with van der Waals surface area (Å²) in [6, 6.07) is 6.55. The molecule has 2 rings (SSSR count). The van der Waals surface area contributed by atoms with E-state index < -0.39 is 0 Å². The van der Waals surface area contributed by atoms with Crippen LogP contribution in [0.25, 0.3) is 0 Å². The van der Waals surface area contributed by atoms with Gasteiger partial charge in [-0.15, -0.1) is 11.8 Å².